The van der Waals surface area contributed by atoms with Crippen molar-refractivity contribution in [3.63, 3.8) is 0 Å². The summed E-state index contributed by atoms with van der Waals surface area (Å²) in [6.07, 6.45) is 3.05. The van der Waals surface area contributed by atoms with Crippen molar-refractivity contribution in [1.82, 2.24) is 0 Å². The van der Waals surface area contributed by atoms with Crippen molar-refractivity contribution >= 4 is 15.6 Å². The van der Waals surface area contributed by atoms with Crippen molar-refractivity contribution in [2.45, 2.75) is 19.3 Å². The van der Waals surface area contributed by atoms with Crippen LogP contribution in [-0.2, 0) is 16.3 Å². The van der Waals surface area contributed by atoms with Gasteiger partial charge in [0.2, 0.25) is 0 Å². The van der Waals surface area contributed by atoms with Crippen LogP contribution in [0.3, 0.4) is 0 Å². The van der Waals surface area contributed by atoms with E-state index in [0.29, 0.717) is 25.2 Å². The lowest BCUT2D eigenvalue weighted by Gasteiger charge is -2.07. The van der Waals surface area contributed by atoms with Crippen molar-refractivity contribution in [1.29, 1.82) is 0 Å². The van der Waals surface area contributed by atoms with Gasteiger partial charge in [-0.2, -0.15) is 0 Å². The zero-order valence-corrected chi connectivity index (χ0v) is 11.1. The van der Waals surface area contributed by atoms with Gasteiger partial charge >= 0.3 is 0 Å². The van der Waals surface area contributed by atoms with E-state index in [0.717, 1.165) is 17.5 Å². The normalized spacial score (nSPS) is 14.6. The van der Waals surface area contributed by atoms with Gasteiger partial charge in [0.1, 0.15) is 15.6 Å². The molecule has 98 valence electrons. The molecule has 0 saturated carbocycles. The smallest absolute Gasteiger partial charge is 0.163 e. The topological polar surface area (TPSA) is 60.4 Å². The highest BCUT2D eigenvalue weighted by Gasteiger charge is 2.19. The summed E-state index contributed by atoms with van der Waals surface area (Å²) in [6, 6.07) is 5.43. The van der Waals surface area contributed by atoms with Crippen molar-refractivity contribution in [3.05, 3.63) is 29.3 Å². The average molecular weight is 268 g/mol. The fraction of sp³-hybridized carbons (Fsp3) is 0.462. The van der Waals surface area contributed by atoms with Crippen LogP contribution < -0.4 is 4.74 Å². The maximum atomic E-state index is 11.4. The Morgan fingerprint density at radius 2 is 2.06 bits per heavy atom. The Balaban J connectivity index is 1.90. The number of Topliss-reactive ketones (excluding diaryl/α,β-unsaturated/α-hetero) is 1. The van der Waals surface area contributed by atoms with Crippen LogP contribution in [0.25, 0.3) is 0 Å². The van der Waals surface area contributed by atoms with Crippen LogP contribution >= 0.6 is 0 Å². The van der Waals surface area contributed by atoms with Crippen LogP contribution in [-0.4, -0.2) is 32.8 Å². The van der Waals surface area contributed by atoms with Gasteiger partial charge in [-0.15, -0.1) is 0 Å². The monoisotopic (exact) mass is 268 g/mol. The first-order valence-electron chi connectivity index (χ1n) is 5.92. The number of sulfone groups is 1. The molecule has 1 aromatic carbocycles. The summed E-state index contributed by atoms with van der Waals surface area (Å²) in [5, 5.41) is 0. The Labute approximate surface area is 107 Å². The summed E-state index contributed by atoms with van der Waals surface area (Å²) < 4.78 is 27.4. The lowest BCUT2D eigenvalue weighted by molar-refractivity contribution is 0.0994. The highest BCUT2D eigenvalue weighted by atomic mass is 32.2. The van der Waals surface area contributed by atoms with Gasteiger partial charge in [-0.3, -0.25) is 4.79 Å². The van der Waals surface area contributed by atoms with E-state index >= 15 is 0 Å². The number of hydrogen-bond donors (Lipinski definition) is 0. The summed E-state index contributed by atoms with van der Waals surface area (Å²) in [6.45, 7) is 0.375. The molecule has 0 saturated heterocycles. The highest BCUT2D eigenvalue weighted by Crippen LogP contribution is 2.26. The molecule has 4 nitrogen and oxygen atoms in total. The van der Waals surface area contributed by atoms with Gasteiger partial charge in [0.15, 0.2) is 5.78 Å². The van der Waals surface area contributed by atoms with Gasteiger partial charge in [-0.1, -0.05) is 0 Å². The summed E-state index contributed by atoms with van der Waals surface area (Å²) in [5.41, 5.74) is 1.82. The number of carbonyl (C=O) groups is 1. The lowest BCUT2D eigenvalue weighted by atomic mass is 10.1. The van der Waals surface area contributed by atoms with Crippen LogP contribution in [0.1, 0.15) is 28.8 Å². The second kappa shape index (κ2) is 5.10. The van der Waals surface area contributed by atoms with E-state index < -0.39 is 9.84 Å². The lowest BCUT2D eigenvalue weighted by Crippen LogP contribution is -2.08. The quantitative estimate of drug-likeness (QED) is 0.761. The number of aryl methyl sites for hydroxylation is 1. The summed E-state index contributed by atoms with van der Waals surface area (Å²) >= 11 is 0. The summed E-state index contributed by atoms with van der Waals surface area (Å²) in [5.74, 6) is 1.03. The Morgan fingerprint density at radius 3 is 2.78 bits per heavy atom. The molecule has 0 aromatic heterocycles. The number of benzene rings is 1. The van der Waals surface area contributed by atoms with Crippen molar-refractivity contribution < 1.29 is 17.9 Å². The molecular formula is C13H16O4S. The number of fused-ring (bicyclic) bond motifs is 1. The van der Waals surface area contributed by atoms with Crippen LogP contribution in [0, 0.1) is 0 Å². The maximum absolute atomic E-state index is 11.4. The molecule has 1 aromatic rings. The van der Waals surface area contributed by atoms with Crippen LogP contribution in [0.4, 0.5) is 0 Å². The molecule has 5 heteroatoms. The largest absolute Gasteiger partial charge is 0.494 e. The molecule has 0 radical (unpaired) electrons. The standard InChI is InChI=1S/C13H16O4S/c1-18(15,16)8-2-7-17-11-4-5-12-10(9-11)3-6-13(12)14/h4-5,9H,2-3,6-8H2,1H3. The summed E-state index contributed by atoms with van der Waals surface area (Å²) in [4.78, 5) is 11.4. The zero-order chi connectivity index (χ0) is 13.2. The number of carbonyl (C=O) groups excluding carboxylic acids is 1. The maximum Gasteiger partial charge on any atom is 0.163 e. The van der Waals surface area contributed by atoms with Crippen molar-refractivity contribution in [3.8, 4) is 5.75 Å². The van der Waals surface area contributed by atoms with Crippen LogP contribution in [0.5, 0.6) is 5.75 Å². The summed E-state index contributed by atoms with van der Waals surface area (Å²) in [7, 11) is -2.92. The molecule has 1 aliphatic rings. The molecule has 0 spiro atoms. The van der Waals surface area contributed by atoms with E-state index in [1.54, 1.807) is 12.1 Å². The molecule has 1 aliphatic carbocycles. The molecule has 0 heterocycles. The average Bonchev–Trinajstić information content (AvgIpc) is 2.65. The van der Waals surface area contributed by atoms with E-state index in [4.69, 9.17) is 4.74 Å². The molecule has 0 bridgehead atoms. The van der Waals surface area contributed by atoms with Gasteiger partial charge in [0.25, 0.3) is 0 Å². The van der Waals surface area contributed by atoms with Crippen LogP contribution in [0.15, 0.2) is 18.2 Å². The third-order valence-electron chi connectivity index (χ3n) is 2.93. The van der Waals surface area contributed by atoms with Gasteiger partial charge in [0, 0.05) is 18.2 Å². The van der Waals surface area contributed by atoms with Gasteiger partial charge in [-0.05, 0) is 36.6 Å². The minimum absolute atomic E-state index is 0.135. The first-order valence-corrected chi connectivity index (χ1v) is 7.98. The van der Waals surface area contributed by atoms with Gasteiger partial charge < -0.3 is 4.74 Å². The second-order valence-corrected chi connectivity index (χ2v) is 6.83. The fourth-order valence-electron chi connectivity index (χ4n) is 2.03. The van der Waals surface area contributed by atoms with Crippen molar-refractivity contribution in [2.75, 3.05) is 18.6 Å². The molecule has 0 N–H and O–H groups in total. The Kier molecular flexibility index (Phi) is 3.71. The third kappa shape index (κ3) is 3.32. The predicted octanol–water partition coefficient (Wildman–Crippen LogP) is 1.63. The van der Waals surface area contributed by atoms with E-state index in [1.807, 2.05) is 6.07 Å². The SMILES string of the molecule is CS(=O)(=O)CCCOc1ccc2c(c1)CCC2=O. The molecule has 2 rings (SSSR count). The number of ether oxygens (including phenoxy) is 1. The molecule has 0 amide bonds. The van der Waals surface area contributed by atoms with Crippen molar-refractivity contribution in [2.24, 2.45) is 0 Å². The zero-order valence-electron chi connectivity index (χ0n) is 10.3. The minimum Gasteiger partial charge on any atom is -0.494 e. The highest BCUT2D eigenvalue weighted by molar-refractivity contribution is 7.90. The molecule has 0 aliphatic heterocycles. The van der Waals surface area contributed by atoms with E-state index in [9.17, 15) is 13.2 Å². The van der Waals surface area contributed by atoms with E-state index in [1.165, 1.54) is 6.26 Å². The van der Waals surface area contributed by atoms with Gasteiger partial charge in [-0.25, -0.2) is 8.42 Å². The van der Waals surface area contributed by atoms with Gasteiger partial charge in [0.05, 0.1) is 12.4 Å². The first kappa shape index (κ1) is 13.1. The molecule has 0 unspecified atom stereocenters. The number of ketones is 1. The predicted molar refractivity (Wildman–Crippen MR) is 68.9 cm³/mol. The molecular weight excluding hydrogens is 252 g/mol. The van der Waals surface area contributed by atoms with Crippen LogP contribution in [0.2, 0.25) is 0 Å². The molecule has 0 fully saturated rings. The second-order valence-electron chi connectivity index (χ2n) is 4.57. The van der Waals surface area contributed by atoms with E-state index in [-0.39, 0.29) is 11.5 Å². The Morgan fingerprint density at radius 1 is 1.28 bits per heavy atom. The number of hydrogen-bond acceptors (Lipinski definition) is 4. The Hall–Kier alpha value is -1.36. The van der Waals surface area contributed by atoms with E-state index in [2.05, 4.69) is 0 Å². The third-order valence-corrected chi connectivity index (χ3v) is 3.96. The number of rotatable bonds is 5. The minimum atomic E-state index is -2.92. The molecule has 18 heavy (non-hydrogen) atoms. The first-order chi connectivity index (χ1) is 8.46. The Bertz CT molecular complexity index is 560. The fourth-order valence-corrected chi connectivity index (χ4v) is 2.67. The molecule has 0 atom stereocenters.